The Morgan fingerprint density at radius 2 is 2.24 bits per heavy atom. The zero-order valence-electron chi connectivity index (χ0n) is 12.4. The Hall–Kier alpha value is -1.49. The predicted molar refractivity (Wildman–Crippen MR) is 86.2 cm³/mol. The molecule has 112 valence electrons. The molecule has 1 aliphatic carbocycles. The van der Waals surface area contributed by atoms with Crippen LogP contribution >= 0.6 is 11.8 Å². The van der Waals surface area contributed by atoms with E-state index in [1.807, 2.05) is 17.8 Å². The van der Waals surface area contributed by atoms with E-state index in [9.17, 15) is 4.79 Å². The number of carboxylic acid groups (broad SMARTS) is 1. The molecule has 1 aromatic heterocycles. The van der Waals surface area contributed by atoms with Crippen LogP contribution in [0.2, 0.25) is 0 Å². The van der Waals surface area contributed by atoms with Crippen molar-refractivity contribution in [3.05, 3.63) is 29.6 Å². The highest BCUT2D eigenvalue weighted by Gasteiger charge is 2.42. The molecular weight excluding hydrogens is 284 g/mol. The number of carboxylic acids is 1. The van der Waals surface area contributed by atoms with Gasteiger partial charge in [-0.15, -0.1) is 0 Å². The number of rotatable bonds is 6. The normalized spacial score (nSPS) is 16.3. The second-order valence-corrected chi connectivity index (χ2v) is 7.03. The predicted octanol–water partition coefficient (Wildman–Crippen LogP) is 3.58. The zero-order chi connectivity index (χ0) is 15.0. The molecule has 0 saturated heterocycles. The molecule has 1 N–H and O–H groups in total. The van der Waals surface area contributed by atoms with E-state index >= 15 is 0 Å². The molecule has 2 aromatic rings. The number of nitrogens with zero attached hydrogens (tertiary/aromatic N) is 2. The van der Waals surface area contributed by atoms with Crippen LogP contribution < -0.4 is 0 Å². The summed E-state index contributed by atoms with van der Waals surface area (Å²) in [6.07, 6.45) is 6.66. The summed E-state index contributed by atoms with van der Waals surface area (Å²) in [5.41, 5.74) is 2.17. The van der Waals surface area contributed by atoms with E-state index in [2.05, 4.69) is 22.7 Å². The van der Waals surface area contributed by atoms with Crippen LogP contribution in [-0.4, -0.2) is 31.6 Å². The molecule has 4 nitrogen and oxygen atoms in total. The van der Waals surface area contributed by atoms with Gasteiger partial charge in [0.15, 0.2) is 0 Å². The molecule has 1 aromatic carbocycles. The van der Waals surface area contributed by atoms with Crippen molar-refractivity contribution in [2.75, 3.05) is 6.26 Å². The summed E-state index contributed by atoms with van der Waals surface area (Å²) in [5.74, 6) is 0.182. The first kappa shape index (κ1) is 14.4. The third-order valence-corrected chi connectivity index (χ3v) is 5.64. The minimum Gasteiger partial charge on any atom is -0.478 e. The lowest BCUT2D eigenvalue weighted by atomic mass is 10.2. The summed E-state index contributed by atoms with van der Waals surface area (Å²) in [4.78, 5) is 15.8. The third-order valence-electron chi connectivity index (χ3n) is 4.23. The summed E-state index contributed by atoms with van der Waals surface area (Å²) in [6.45, 7) is 3.13. The molecular formula is C16H20N2O2S. The average Bonchev–Trinajstić information content (AvgIpc) is 3.17. The van der Waals surface area contributed by atoms with Gasteiger partial charge in [-0.05, 0) is 43.7 Å². The molecule has 0 bridgehead atoms. The van der Waals surface area contributed by atoms with Crippen molar-refractivity contribution in [2.24, 2.45) is 0 Å². The number of benzene rings is 1. The van der Waals surface area contributed by atoms with Crippen LogP contribution in [0.1, 0.15) is 42.4 Å². The molecule has 0 spiro atoms. The van der Waals surface area contributed by atoms with Gasteiger partial charge < -0.3 is 9.67 Å². The van der Waals surface area contributed by atoms with Crippen molar-refractivity contribution in [1.29, 1.82) is 0 Å². The number of hydrogen-bond acceptors (Lipinski definition) is 3. The summed E-state index contributed by atoms with van der Waals surface area (Å²) in [5, 5.41) is 9.12. The van der Waals surface area contributed by atoms with Crippen LogP contribution in [0.4, 0.5) is 0 Å². The maximum absolute atomic E-state index is 11.1. The number of imidazole rings is 1. The number of carbonyl (C=O) groups is 1. The van der Waals surface area contributed by atoms with Crippen molar-refractivity contribution in [1.82, 2.24) is 9.55 Å². The molecule has 0 radical (unpaired) electrons. The van der Waals surface area contributed by atoms with Crippen molar-refractivity contribution in [3.8, 4) is 0 Å². The Bertz CT molecular complexity index is 689. The summed E-state index contributed by atoms with van der Waals surface area (Å²) < 4.78 is 2.66. The smallest absolute Gasteiger partial charge is 0.335 e. The SMILES string of the molecule is CCCc1nc2cc(C(=O)O)ccc2n1CC1(SC)CC1. The monoisotopic (exact) mass is 304 g/mol. The van der Waals surface area contributed by atoms with Crippen LogP contribution in [0.5, 0.6) is 0 Å². The van der Waals surface area contributed by atoms with Crippen LogP contribution in [0.3, 0.4) is 0 Å². The second kappa shape index (κ2) is 5.37. The summed E-state index contributed by atoms with van der Waals surface area (Å²) >= 11 is 1.94. The highest BCUT2D eigenvalue weighted by atomic mass is 32.2. The first-order valence-electron chi connectivity index (χ1n) is 7.36. The molecule has 0 aliphatic heterocycles. The highest BCUT2D eigenvalue weighted by molar-refractivity contribution is 8.00. The van der Waals surface area contributed by atoms with Gasteiger partial charge in [0.25, 0.3) is 0 Å². The van der Waals surface area contributed by atoms with Gasteiger partial charge in [0.05, 0.1) is 16.6 Å². The standard InChI is InChI=1S/C16H20N2O2S/c1-3-4-14-17-12-9-11(15(19)20)5-6-13(12)18(14)10-16(21-2)7-8-16/h5-6,9H,3-4,7-8,10H2,1-2H3,(H,19,20). The number of aromatic nitrogens is 2. The molecule has 1 fully saturated rings. The second-order valence-electron chi connectivity index (χ2n) is 5.76. The van der Waals surface area contributed by atoms with Gasteiger partial charge in [-0.3, -0.25) is 0 Å². The molecule has 1 heterocycles. The quantitative estimate of drug-likeness (QED) is 0.886. The molecule has 0 unspecified atom stereocenters. The van der Waals surface area contributed by atoms with Crippen LogP contribution in [-0.2, 0) is 13.0 Å². The van der Waals surface area contributed by atoms with Crippen LogP contribution in [0.15, 0.2) is 18.2 Å². The van der Waals surface area contributed by atoms with Gasteiger partial charge in [0.2, 0.25) is 0 Å². The van der Waals surface area contributed by atoms with Crippen molar-refractivity contribution < 1.29 is 9.90 Å². The van der Waals surface area contributed by atoms with E-state index in [0.29, 0.717) is 10.3 Å². The molecule has 1 saturated carbocycles. The number of aryl methyl sites for hydroxylation is 1. The van der Waals surface area contributed by atoms with E-state index < -0.39 is 5.97 Å². The fourth-order valence-corrected chi connectivity index (χ4v) is 3.53. The van der Waals surface area contributed by atoms with E-state index in [1.54, 1.807) is 12.1 Å². The number of thioether (sulfide) groups is 1. The molecule has 0 atom stereocenters. The fraction of sp³-hybridized carbons (Fsp3) is 0.500. The first-order chi connectivity index (χ1) is 10.1. The molecule has 21 heavy (non-hydrogen) atoms. The zero-order valence-corrected chi connectivity index (χ0v) is 13.2. The van der Waals surface area contributed by atoms with Gasteiger partial charge in [-0.2, -0.15) is 11.8 Å². The summed E-state index contributed by atoms with van der Waals surface area (Å²) in [6, 6.07) is 5.27. The molecule has 0 amide bonds. The Kier molecular flexibility index (Phi) is 3.69. The lowest BCUT2D eigenvalue weighted by Crippen LogP contribution is -2.16. The average molecular weight is 304 g/mol. The first-order valence-corrected chi connectivity index (χ1v) is 8.58. The maximum atomic E-state index is 11.1. The Morgan fingerprint density at radius 1 is 1.48 bits per heavy atom. The molecule has 1 aliphatic rings. The van der Waals surface area contributed by atoms with Gasteiger partial charge in [0, 0.05) is 17.7 Å². The van der Waals surface area contributed by atoms with E-state index in [1.165, 1.54) is 12.8 Å². The minimum absolute atomic E-state index is 0.307. The summed E-state index contributed by atoms with van der Waals surface area (Å²) in [7, 11) is 0. The lowest BCUT2D eigenvalue weighted by molar-refractivity contribution is 0.0697. The number of aromatic carboxylic acids is 1. The number of fused-ring (bicyclic) bond motifs is 1. The maximum Gasteiger partial charge on any atom is 0.335 e. The Labute approximate surface area is 128 Å². The van der Waals surface area contributed by atoms with Gasteiger partial charge in [0.1, 0.15) is 5.82 Å². The lowest BCUT2D eigenvalue weighted by Gasteiger charge is -2.16. The van der Waals surface area contributed by atoms with E-state index in [0.717, 1.165) is 36.2 Å². The molecule has 3 rings (SSSR count). The highest BCUT2D eigenvalue weighted by Crippen LogP contribution is 2.49. The van der Waals surface area contributed by atoms with Crippen LogP contribution in [0.25, 0.3) is 11.0 Å². The number of hydrogen-bond donors (Lipinski definition) is 1. The fourth-order valence-electron chi connectivity index (χ4n) is 2.76. The Balaban J connectivity index is 2.06. The van der Waals surface area contributed by atoms with Crippen molar-refractivity contribution in [3.63, 3.8) is 0 Å². The van der Waals surface area contributed by atoms with E-state index in [-0.39, 0.29) is 0 Å². The minimum atomic E-state index is -0.897. The van der Waals surface area contributed by atoms with Gasteiger partial charge in [-0.1, -0.05) is 6.92 Å². The van der Waals surface area contributed by atoms with E-state index in [4.69, 9.17) is 5.11 Å². The topological polar surface area (TPSA) is 55.1 Å². The third kappa shape index (κ3) is 2.67. The molecule has 5 heteroatoms. The van der Waals surface area contributed by atoms with Gasteiger partial charge in [-0.25, -0.2) is 9.78 Å². The van der Waals surface area contributed by atoms with Crippen molar-refractivity contribution >= 4 is 28.8 Å². The van der Waals surface area contributed by atoms with Crippen molar-refractivity contribution in [2.45, 2.75) is 43.9 Å². The van der Waals surface area contributed by atoms with Gasteiger partial charge >= 0.3 is 5.97 Å². The Morgan fingerprint density at radius 3 is 2.81 bits per heavy atom. The van der Waals surface area contributed by atoms with Crippen LogP contribution in [0, 0.1) is 0 Å². The largest absolute Gasteiger partial charge is 0.478 e.